The molecule has 0 aliphatic carbocycles. The molecule has 0 bridgehead atoms. The number of rotatable bonds is 4. The number of nitrogens with zero attached hydrogens (tertiary/aromatic N) is 1. The van der Waals surface area contributed by atoms with Crippen molar-refractivity contribution in [1.82, 2.24) is 16.0 Å². The predicted molar refractivity (Wildman–Crippen MR) is 98.9 cm³/mol. The highest BCUT2D eigenvalue weighted by molar-refractivity contribution is 14.0. The summed E-state index contributed by atoms with van der Waals surface area (Å²) in [7, 11) is 3.21. The van der Waals surface area contributed by atoms with E-state index in [1.807, 2.05) is 13.0 Å². The number of carbonyl (C=O) groups excluding carboxylic acids is 1. The SMILES string of the molecule is CN=C(NCC(=O)NC)NC(C)c1ccc(Cl)cc1Cl.I. The largest absolute Gasteiger partial charge is 0.358 e. The van der Waals surface area contributed by atoms with E-state index in [-0.39, 0.29) is 42.5 Å². The number of hydrogen-bond acceptors (Lipinski definition) is 2. The average Bonchev–Trinajstić information content (AvgIpc) is 2.42. The van der Waals surface area contributed by atoms with Gasteiger partial charge in [0.15, 0.2) is 5.96 Å². The first-order valence-corrected chi connectivity index (χ1v) is 6.86. The van der Waals surface area contributed by atoms with E-state index in [9.17, 15) is 4.79 Å². The summed E-state index contributed by atoms with van der Waals surface area (Å²) in [6, 6.07) is 5.25. The lowest BCUT2D eigenvalue weighted by atomic mass is 10.1. The predicted octanol–water partition coefficient (Wildman–Crippen LogP) is 2.58. The average molecular weight is 445 g/mol. The highest BCUT2D eigenvalue weighted by Gasteiger charge is 2.12. The second-order valence-electron chi connectivity index (χ2n) is 4.13. The van der Waals surface area contributed by atoms with Gasteiger partial charge in [-0.2, -0.15) is 0 Å². The summed E-state index contributed by atoms with van der Waals surface area (Å²) in [5, 5.41) is 9.76. The first kappa shape index (κ1) is 20.3. The summed E-state index contributed by atoms with van der Waals surface area (Å²) in [4.78, 5) is 15.2. The zero-order chi connectivity index (χ0) is 15.1. The lowest BCUT2D eigenvalue weighted by Gasteiger charge is -2.19. The van der Waals surface area contributed by atoms with Crippen molar-refractivity contribution in [2.45, 2.75) is 13.0 Å². The Hall–Kier alpha value is -0.730. The Kier molecular flexibility index (Phi) is 9.72. The van der Waals surface area contributed by atoms with Crippen LogP contribution in [-0.2, 0) is 4.79 Å². The Labute approximate surface area is 151 Å². The minimum Gasteiger partial charge on any atom is -0.358 e. The van der Waals surface area contributed by atoms with Gasteiger partial charge in [0.25, 0.3) is 0 Å². The van der Waals surface area contributed by atoms with Gasteiger partial charge in [-0.25, -0.2) is 0 Å². The van der Waals surface area contributed by atoms with Crippen molar-refractivity contribution in [1.29, 1.82) is 0 Å². The van der Waals surface area contributed by atoms with Gasteiger partial charge in [0, 0.05) is 24.1 Å². The summed E-state index contributed by atoms with van der Waals surface area (Å²) in [5.74, 6) is 0.400. The molecule has 0 aliphatic rings. The Balaban J connectivity index is 0.00000400. The molecule has 0 heterocycles. The summed E-state index contributed by atoms with van der Waals surface area (Å²) >= 11 is 12.0. The monoisotopic (exact) mass is 444 g/mol. The number of carbonyl (C=O) groups is 1. The molecule has 1 unspecified atom stereocenters. The molecule has 0 saturated heterocycles. The van der Waals surface area contributed by atoms with Gasteiger partial charge >= 0.3 is 0 Å². The summed E-state index contributed by atoms with van der Waals surface area (Å²) in [6.45, 7) is 2.10. The first-order valence-electron chi connectivity index (χ1n) is 6.10. The van der Waals surface area contributed by atoms with Gasteiger partial charge in [0.05, 0.1) is 12.6 Å². The Bertz CT molecular complexity index is 511. The molecule has 5 nitrogen and oxygen atoms in total. The molecule has 1 rings (SSSR count). The molecule has 0 aromatic heterocycles. The van der Waals surface area contributed by atoms with Crippen LogP contribution < -0.4 is 16.0 Å². The molecule has 1 aromatic carbocycles. The van der Waals surface area contributed by atoms with Crippen molar-refractivity contribution in [3.8, 4) is 0 Å². The van der Waals surface area contributed by atoms with Crippen LogP contribution >= 0.6 is 47.2 Å². The van der Waals surface area contributed by atoms with Crippen LogP contribution in [0.5, 0.6) is 0 Å². The Morgan fingerprint density at radius 2 is 2.05 bits per heavy atom. The van der Waals surface area contributed by atoms with E-state index in [0.717, 1.165) is 5.56 Å². The molecular weight excluding hydrogens is 426 g/mol. The molecule has 1 atom stereocenters. The number of amides is 1. The maximum absolute atomic E-state index is 11.2. The molecule has 1 aromatic rings. The first-order chi connectivity index (χ1) is 9.47. The third kappa shape index (κ3) is 6.71. The van der Waals surface area contributed by atoms with Gasteiger partial charge in [-0.1, -0.05) is 29.3 Å². The number of likely N-dealkylation sites (N-methyl/N-ethyl adjacent to an activating group) is 1. The summed E-state index contributed by atoms with van der Waals surface area (Å²) in [5.41, 5.74) is 0.902. The third-order valence-electron chi connectivity index (χ3n) is 2.70. The minimum atomic E-state index is -0.120. The van der Waals surface area contributed by atoms with Gasteiger partial charge in [0.2, 0.25) is 5.91 Å². The molecule has 8 heteroatoms. The van der Waals surface area contributed by atoms with Gasteiger partial charge < -0.3 is 16.0 Å². The molecule has 1 amide bonds. The number of halogens is 3. The molecule has 0 saturated carbocycles. The van der Waals surface area contributed by atoms with Gasteiger partial charge in [-0.05, 0) is 24.6 Å². The topological polar surface area (TPSA) is 65.5 Å². The third-order valence-corrected chi connectivity index (χ3v) is 3.26. The van der Waals surface area contributed by atoms with Crippen molar-refractivity contribution in [3.63, 3.8) is 0 Å². The number of nitrogens with one attached hydrogen (secondary N) is 3. The van der Waals surface area contributed by atoms with E-state index in [1.54, 1.807) is 26.2 Å². The van der Waals surface area contributed by atoms with E-state index in [4.69, 9.17) is 23.2 Å². The number of guanidine groups is 1. The fourth-order valence-corrected chi connectivity index (χ4v) is 2.15. The van der Waals surface area contributed by atoms with E-state index < -0.39 is 0 Å². The molecule has 3 N–H and O–H groups in total. The van der Waals surface area contributed by atoms with Crippen molar-refractivity contribution in [3.05, 3.63) is 33.8 Å². The zero-order valence-corrected chi connectivity index (χ0v) is 15.9. The van der Waals surface area contributed by atoms with Crippen LogP contribution in [0.25, 0.3) is 0 Å². The smallest absolute Gasteiger partial charge is 0.239 e. The lowest BCUT2D eigenvalue weighted by Crippen LogP contribution is -2.43. The normalized spacial score (nSPS) is 12.1. The van der Waals surface area contributed by atoms with Crippen LogP contribution in [0.2, 0.25) is 10.0 Å². The summed E-state index contributed by atoms with van der Waals surface area (Å²) in [6.07, 6.45) is 0. The second kappa shape index (κ2) is 10.1. The molecule has 0 radical (unpaired) electrons. The maximum Gasteiger partial charge on any atom is 0.239 e. The fraction of sp³-hybridized carbons (Fsp3) is 0.385. The molecule has 0 spiro atoms. The molecule has 0 fully saturated rings. The van der Waals surface area contributed by atoms with Crippen molar-refractivity contribution in [2.75, 3.05) is 20.6 Å². The van der Waals surface area contributed by atoms with Gasteiger partial charge in [-0.15, -0.1) is 24.0 Å². The minimum absolute atomic E-state index is 0. The Morgan fingerprint density at radius 3 is 2.57 bits per heavy atom. The molecule has 0 aliphatic heterocycles. The van der Waals surface area contributed by atoms with E-state index in [1.165, 1.54) is 0 Å². The van der Waals surface area contributed by atoms with Crippen molar-refractivity contribution in [2.24, 2.45) is 4.99 Å². The quantitative estimate of drug-likeness (QED) is 0.380. The maximum atomic E-state index is 11.2. The van der Waals surface area contributed by atoms with E-state index in [0.29, 0.717) is 16.0 Å². The summed E-state index contributed by atoms with van der Waals surface area (Å²) < 4.78 is 0. The molecular formula is C13H19Cl2IN4O. The van der Waals surface area contributed by atoms with Crippen molar-refractivity contribution < 1.29 is 4.79 Å². The fourth-order valence-electron chi connectivity index (χ4n) is 1.58. The van der Waals surface area contributed by atoms with Crippen LogP contribution in [-0.4, -0.2) is 32.5 Å². The number of hydrogen-bond donors (Lipinski definition) is 3. The van der Waals surface area contributed by atoms with Crippen LogP contribution in [0, 0.1) is 0 Å². The number of benzene rings is 1. The standard InChI is InChI=1S/C13H18Cl2N4O.HI/c1-8(10-5-4-9(14)6-11(10)15)19-13(17-3)18-7-12(20)16-2;/h4-6,8H,7H2,1-3H3,(H,16,20)(H2,17,18,19);1H. The Morgan fingerprint density at radius 1 is 1.38 bits per heavy atom. The lowest BCUT2D eigenvalue weighted by molar-refractivity contribution is -0.119. The van der Waals surface area contributed by atoms with Crippen LogP contribution in [0.15, 0.2) is 23.2 Å². The molecule has 21 heavy (non-hydrogen) atoms. The zero-order valence-electron chi connectivity index (χ0n) is 12.0. The van der Waals surface area contributed by atoms with Crippen LogP contribution in [0.1, 0.15) is 18.5 Å². The van der Waals surface area contributed by atoms with Gasteiger partial charge in [-0.3, -0.25) is 9.79 Å². The van der Waals surface area contributed by atoms with E-state index >= 15 is 0 Å². The van der Waals surface area contributed by atoms with Crippen molar-refractivity contribution >= 4 is 59.0 Å². The van der Waals surface area contributed by atoms with E-state index in [2.05, 4.69) is 20.9 Å². The van der Waals surface area contributed by atoms with Gasteiger partial charge in [0.1, 0.15) is 0 Å². The highest BCUT2D eigenvalue weighted by Crippen LogP contribution is 2.25. The second-order valence-corrected chi connectivity index (χ2v) is 4.97. The van der Waals surface area contributed by atoms with Crippen LogP contribution in [0.4, 0.5) is 0 Å². The highest BCUT2D eigenvalue weighted by atomic mass is 127. The molecule has 118 valence electrons. The van der Waals surface area contributed by atoms with Crippen LogP contribution in [0.3, 0.4) is 0 Å². The number of aliphatic imine (C=N–C) groups is 1.